The number of carbonyl (C=O) groups excluding carboxylic acids is 1. The number of imidazole rings is 1. The second-order valence-corrected chi connectivity index (χ2v) is 5.14. The van der Waals surface area contributed by atoms with Crippen LogP contribution in [0, 0.1) is 13.8 Å². The lowest BCUT2D eigenvalue weighted by Gasteiger charge is -2.09. The zero-order chi connectivity index (χ0) is 15.5. The summed E-state index contributed by atoms with van der Waals surface area (Å²) < 4.78 is 7.43. The fourth-order valence-corrected chi connectivity index (χ4v) is 2.28. The normalized spacial score (nSPS) is 10.6. The molecule has 1 N–H and O–H groups in total. The van der Waals surface area contributed by atoms with Crippen LogP contribution in [0.3, 0.4) is 0 Å². The SMILES string of the molecule is Cc1cn2cccc(NC(=O)COc3ccccc3C)c2n1. The molecule has 3 aromatic rings. The smallest absolute Gasteiger partial charge is 0.262 e. The molecule has 22 heavy (non-hydrogen) atoms. The van der Waals surface area contributed by atoms with Crippen molar-refractivity contribution in [3.8, 4) is 5.75 Å². The van der Waals surface area contributed by atoms with Crippen LogP contribution in [0.1, 0.15) is 11.3 Å². The maximum Gasteiger partial charge on any atom is 0.262 e. The standard InChI is InChI=1S/C17H17N3O2/c1-12-6-3-4-8-15(12)22-11-16(21)19-14-7-5-9-20-10-13(2)18-17(14)20/h3-10H,11H2,1-2H3,(H,19,21). The molecule has 2 heterocycles. The Labute approximate surface area is 128 Å². The van der Waals surface area contributed by atoms with Gasteiger partial charge in [0, 0.05) is 12.4 Å². The van der Waals surface area contributed by atoms with E-state index in [0.717, 1.165) is 16.9 Å². The maximum absolute atomic E-state index is 12.1. The van der Waals surface area contributed by atoms with Crippen LogP contribution in [0.4, 0.5) is 5.69 Å². The molecule has 0 fully saturated rings. The van der Waals surface area contributed by atoms with Gasteiger partial charge >= 0.3 is 0 Å². The van der Waals surface area contributed by atoms with Gasteiger partial charge in [-0.1, -0.05) is 18.2 Å². The summed E-state index contributed by atoms with van der Waals surface area (Å²) in [4.78, 5) is 16.5. The van der Waals surface area contributed by atoms with Crippen LogP contribution in [-0.4, -0.2) is 21.9 Å². The summed E-state index contributed by atoms with van der Waals surface area (Å²) in [6.45, 7) is 3.83. The van der Waals surface area contributed by atoms with E-state index < -0.39 is 0 Å². The molecule has 0 aliphatic carbocycles. The first kappa shape index (κ1) is 14.1. The molecule has 2 aromatic heterocycles. The fraction of sp³-hybridized carbons (Fsp3) is 0.176. The number of aryl methyl sites for hydroxylation is 2. The maximum atomic E-state index is 12.1. The van der Waals surface area contributed by atoms with E-state index in [1.54, 1.807) is 0 Å². The molecule has 0 saturated carbocycles. The number of nitrogens with zero attached hydrogens (tertiary/aromatic N) is 2. The van der Waals surface area contributed by atoms with Gasteiger partial charge in [0.15, 0.2) is 12.3 Å². The largest absolute Gasteiger partial charge is 0.483 e. The van der Waals surface area contributed by atoms with Crippen LogP contribution in [0.25, 0.3) is 5.65 Å². The highest BCUT2D eigenvalue weighted by molar-refractivity contribution is 5.95. The predicted molar refractivity (Wildman–Crippen MR) is 85.2 cm³/mol. The van der Waals surface area contributed by atoms with Crippen molar-refractivity contribution in [2.24, 2.45) is 0 Å². The number of rotatable bonds is 4. The Hall–Kier alpha value is -2.82. The Kier molecular flexibility index (Phi) is 3.78. The summed E-state index contributed by atoms with van der Waals surface area (Å²) >= 11 is 0. The van der Waals surface area contributed by atoms with E-state index in [2.05, 4.69) is 10.3 Å². The fourth-order valence-electron chi connectivity index (χ4n) is 2.28. The number of hydrogen-bond donors (Lipinski definition) is 1. The van der Waals surface area contributed by atoms with E-state index in [1.165, 1.54) is 0 Å². The van der Waals surface area contributed by atoms with Crippen LogP contribution < -0.4 is 10.1 Å². The minimum absolute atomic E-state index is 0.0361. The first-order chi connectivity index (χ1) is 10.6. The molecule has 5 nitrogen and oxygen atoms in total. The van der Waals surface area contributed by atoms with Gasteiger partial charge in [-0.15, -0.1) is 0 Å². The molecule has 0 spiro atoms. The van der Waals surface area contributed by atoms with Gasteiger partial charge < -0.3 is 14.5 Å². The van der Waals surface area contributed by atoms with Crippen LogP contribution in [0.5, 0.6) is 5.75 Å². The second kappa shape index (κ2) is 5.89. The van der Waals surface area contributed by atoms with Gasteiger partial charge in [-0.3, -0.25) is 4.79 Å². The number of amides is 1. The highest BCUT2D eigenvalue weighted by atomic mass is 16.5. The van der Waals surface area contributed by atoms with E-state index in [9.17, 15) is 4.79 Å². The van der Waals surface area contributed by atoms with Gasteiger partial charge in [-0.25, -0.2) is 4.98 Å². The van der Waals surface area contributed by atoms with E-state index in [-0.39, 0.29) is 12.5 Å². The number of anilines is 1. The quantitative estimate of drug-likeness (QED) is 0.805. The van der Waals surface area contributed by atoms with Crippen LogP contribution in [0.2, 0.25) is 0 Å². The Morgan fingerprint density at radius 2 is 2.05 bits per heavy atom. The van der Waals surface area contributed by atoms with Crippen molar-refractivity contribution in [3.63, 3.8) is 0 Å². The number of aromatic nitrogens is 2. The average Bonchev–Trinajstić information content (AvgIpc) is 2.88. The Balaban J connectivity index is 1.70. The molecule has 1 aromatic carbocycles. The third kappa shape index (κ3) is 2.93. The molecule has 1 amide bonds. The molecular weight excluding hydrogens is 278 g/mol. The van der Waals surface area contributed by atoms with Gasteiger partial charge in [-0.05, 0) is 37.6 Å². The number of pyridine rings is 1. The van der Waals surface area contributed by atoms with Crippen molar-refractivity contribution in [1.29, 1.82) is 0 Å². The zero-order valence-electron chi connectivity index (χ0n) is 12.5. The van der Waals surface area contributed by atoms with Gasteiger partial charge in [0.1, 0.15) is 5.75 Å². The van der Waals surface area contributed by atoms with Crippen molar-refractivity contribution in [2.45, 2.75) is 13.8 Å². The van der Waals surface area contributed by atoms with Gasteiger partial charge in [0.05, 0.1) is 11.4 Å². The Morgan fingerprint density at radius 3 is 2.86 bits per heavy atom. The molecule has 3 rings (SSSR count). The van der Waals surface area contributed by atoms with Crippen LogP contribution >= 0.6 is 0 Å². The highest BCUT2D eigenvalue weighted by Crippen LogP contribution is 2.18. The Bertz CT molecular complexity index is 824. The molecule has 0 aliphatic rings. The van der Waals surface area contributed by atoms with Crippen molar-refractivity contribution >= 4 is 17.2 Å². The zero-order valence-corrected chi connectivity index (χ0v) is 12.5. The summed E-state index contributed by atoms with van der Waals surface area (Å²) in [5.41, 5.74) is 3.30. The molecule has 5 heteroatoms. The van der Waals surface area contributed by atoms with Gasteiger partial charge in [-0.2, -0.15) is 0 Å². The van der Waals surface area contributed by atoms with E-state index in [1.807, 2.05) is 67.0 Å². The number of nitrogens with one attached hydrogen (secondary N) is 1. The third-order valence-electron chi connectivity index (χ3n) is 3.33. The van der Waals surface area contributed by atoms with E-state index in [0.29, 0.717) is 11.4 Å². The molecular formula is C17H17N3O2. The topological polar surface area (TPSA) is 55.6 Å². The molecule has 0 saturated heterocycles. The number of para-hydroxylation sites is 1. The molecule has 112 valence electrons. The monoisotopic (exact) mass is 295 g/mol. The van der Waals surface area contributed by atoms with Crippen molar-refractivity contribution in [1.82, 2.24) is 9.38 Å². The molecule has 0 unspecified atom stereocenters. The predicted octanol–water partition coefficient (Wildman–Crippen LogP) is 2.97. The minimum atomic E-state index is -0.211. The molecule has 0 bridgehead atoms. The highest BCUT2D eigenvalue weighted by Gasteiger charge is 2.09. The number of hydrogen-bond acceptors (Lipinski definition) is 3. The lowest BCUT2D eigenvalue weighted by molar-refractivity contribution is -0.118. The summed E-state index contributed by atoms with van der Waals surface area (Å²) in [6.07, 6.45) is 3.81. The lowest BCUT2D eigenvalue weighted by Crippen LogP contribution is -2.20. The lowest BCUT2D eigenvalue weighted by atomic mass is 10.2. The Morgan fingerprint density at radius 1 is 1.23 bits per heavy atom. The van der Waals surface area contributed by atoms with Crippen molar-refractivity contribution in [2.75, 3.05) is 11.9 Å². The number of carbonyl (C=O) groups is 1. The molecule has 0 aliphatic heterocycles. The second-order valence-electron chi connectivity index (χ2n) is 5.14. The summed E-state index contributed by atoms with van der Waals surface area (Å²) in [7, 11) is 0. The van der Waals surface area contributed by atoms with Crippen LogP contribution in [0.15, 0.2) is 48.8 Å². The molecule has 0 atom stereocenters. The first-order valence-corrected chi connectivity index (χ1v) is 7.06. The first-order valence-electron chi connectivity index (χ1n) is 7.06. The summed E-state index contributed by atoms with van der Waals surface area (Å²) in [5.74, 6) is 0.504. The summed E-state index contributed by atoms with van der Waals surface area (Å²) in [6, 6.07) is 11.3. The van der Waals surface area contributed by atoms with Crippen molar-refractivity contribution < 1.29 is 9.53 Å². The van der Waals surface area contributed by atoms with Crippen molar-refractivity contribution in [3.05, 3.63) is 60.0 Å². The van der Waals surface area contributed by atoms with Crippen LogP contribution in [-0.2, 0) is 4.79 Å². The summed E-state index contributed by atoms with van der Waals surface area (Å²) in [5, 5.41) is 2.84. The van der Waals surface area contributed by atoms with E-state index >= 15 is 0 Å². The minimum Gasteiger partial charge on any atom is -0.483 e. The number of fused-ring (bicyclic) bond motifs is 1. The van der Waals surface area contributed by atoms with Gasteiger partial charge in [0.25, 0.3) is 5.91 Å². The third-order valence-corrected chi connectivity index (χ3v) is 3.33. The average molecular weight is 295 g/mol. The number of ether oxygens (including phenoxy) is 1. The van der Waals surface area contributed by atoms with Gasteiger partial charge in [0.2, 0.25) is 0 Å². The molecule has 0 radical (unpaired) electrons. The number of benzene rings is 1. The van der Waals surface area contributed by atoms with E-state index in [4.69, 9.17) is 4.74 Å².